The van der Waals surface area contributed by atoms with Crippen LogP contribution in [0.5, 0.6) is 0 Å². The molecule has 2 aromatic rings. The molecule has 0 fully saturated rings. The second-order valence-electron chi connectivity index (χ2n) is 5.09. The lowest BCUT2D eigenvalue weighted by Gasteiger charge is -2.13. The Kier molecular flexibility index (Phi) is 5.03. The molecule has 0 unspecified atom stereocenters. The Hall–Kier alpha value is -2.68. The van der Waals surface area contributed by atoms with Gasteiger partial charge < -0.3 is 14.8 Å². The van der Waals surface area contributed by atoms with Crippen LogP contribution >= 0.6 is 0 Å². The molecular formula is C15H14FNO6S. The SMILES string of the molecule is CS(=O)(=O)c1ccc(C(=O)N[C@@H](Cc2ccc(F)cc2)C(=O)O)o1. The highest BCUT2D eigenvalue weighted by molar-refractivity contribution is 7.90. The minimum atomic E-state index is -3.61. The number of rotatable bonds is 6. The maximum atomic E-state index is 12.9. The number of amides is 1. The lowest BCUT2D eigenvalue weighted by molar-refractivity contribution is -0.139. The van der Waals surface area contributed by atoms with Crippen molar-refractivity contribution in [1.82, 2.24) is 5.32 Å². The van der Waals surface area contributed by atoms with Crippen LogP contribution in [0.15, 0.2) is 45.9 Å². The third-order valence-corrected chi connectivity index (χ3v) is 4.08. The molecule has 9 heteroatoms. The number of carboxylic acids is 1. The van der Waals surface area contributed by atoms with Gasteiger partial charge in [-0.25, -0.2) is 17.6 Å². The highest BCUT2D eigenvalue weighted by Gasteiger charge is 2.24. The van der Waals surface area contributed by atoms with Crippen molar-refractivity contribution < 1.29 is 31.9 Å². The summed E-state index contributed by atoms with van der Waals surface area (Å²) in [6.07, 6.45) is 0.850. The van der Waals surface area contributed by atoms with Gasteiger partial charge in [0.25, 0.3) is 5.91 Å². The molecule has 1 aromatic carbocycles. The number of hydrogen-bond acceptors (Lipinski definition) is 5. The highest BCUT2D eigenvalue weighted by Crippen LogP contribution is 2.14. The van der Waals surface area contributed by atoms with E-state index in [1.165, 1.54) is 24.3 Å². The fraction of sp³-hybridized carbons (Fsp3) is 0.200. The summed E-state index contributed by atoms with van der Waals surface area (Å²) in [5, 5.41) is 11.1. The minimum absolute atomic E-state index is 0.0685. The van der Waals surface area contributed by atoms with Crippen LogP contribution < -0.4 is 5.32 Å². The topological polar surface area (TPSA) is 114 Å². The van der Waals surface area contributed by atoms with E-state index in [2.05, 4.69) is 5.32 Å². The second-order valence-corrected chi connectivity index (χ2v) is 7.03. The molecule has 0 radical (unpaired) electrons. The first-order valence-electron chi connectivity index (χ1n) is 6.75. The number of aliphatic carboxylic acids is 1. The first kappa shape index (κ1) is 17.7. The van der Waals surface area contributed by atoms with Crippen molar-refractivity contribution in [3.63, 3.8) is 0 Å². The van der Waals surface area contributed by atoms with Crippen molar-refractivity contribution in [2.75, 3.05) is 6.26 Å². The Morgan fingerprint density at radius 1 is 1.21 bits per heavy atom. The number of hydrogen-bond donors (Lipinski definition) is 2. The maximum Gasteiger partial charge on any atom is 0.326 e. The van der Waals surface area contributed by atoms with E-state index in [1.807, 2.05) is 0 Å². The lowest BCUT2D eigenvalue weighted by atomic mass is 10.1. The zero-order chi connectivity index (χ0) is 17.9. The van der Waals surface area contributed by atoms with Gasteiger partial charge >= 0.3 is 5.97 Å². The van der Waals surface area contributed by atoms with Gasteiger partial charge in [-0.1, -0.05) is 12.1 Å². The molecule has 24 heavy (non-hydrogen) atoms. The van der Waals surface area contributed by atoms with E-state index >= 15 is 0 Å². The number of benzene rings is 1. The Balaban J connectivity index is 2.12. The van der Waals surface area contributed by atoms with Gasteiger partial charge in [0.15, 0.2) is 5.76 Å². The largest absolute Gasteiger partial charge is 0.480 e. The zero-order valence-electron chi connectivity index (χ0n) is 12.5. The Morgan fingerprint density at radius 3 is 2.33 bits per heavy atom. The molecule has 0 spiro atoms. The Bertz CT molecular complexity index is 856. The van der Waals surface area contributed by atoms with Gasteiger partial charge in [-0.3, -0.25) is 4.79 Å². The molecule has 0 aliphatic carbocycles. The van der Waals surface area contributed by atoms with E-state index in [0.29, 0.717) is 5.56 Å². The summed E-state index contributed by atoms with van der Waals surface area (Å²) in [6, 6.07) is 6.15. The molecule has 128 valence electrons. The molecule has 2 N–H and O–H groups in total. The van der Waals surface area contributed by atoms with Gasteiger partial charge in [-0.05, 0) is 29.8 Å². The lowest BCUT2D eigenvalue weighted by Crippen LogP contribution is -2.42. The van der Waals surface area contributed by atoms with Crippen LogP contribution in [0.1, 0.15) is 16.1 Å². The van der Waals surface area contributed by atoms with E-state index in [4.69, 9.17) is 4.42 Å². The van der Waals surface area contributed by atoms with Gasteiger partial charge in [0.1, 0.15) is 11.9 Å². The third kappa shape index (κ3) is 4.42. The molecular weight excluding hydrogens is 341 g/mol. The average Bonchev–Trinajstić information content (AvgIpc) is 2.98. The van der Waals surface area contributed by atoms with E-state index in [-0.39, 0.29) is 12.2 Å². The van der Waals surface area contributed by atoms with Crippen molar-refractivity contribution in [3.05, 3.63) is 53.5 Å². The number of carboxylic acid groups (broad SMARTS) is 1. The molecule has 0 aliphatic rings. The molecule has 1 aromatic heterocycles. The predicted molar refractivity (Wildman–Crippen MR) is 80.8 cm³/mol. The summed E-state index contributed by atoms with van der Waals surface area (Å²) in [7, 11) is -3.61. The van der Waals surface area contributed by atoms with Crippen LogP contribution in [-0.2, 0) is 21.1 Å². The number of carbonyl (C=O) groups excluding carboxylic acids is 1. The molecule has 2 rings (SSSR count). The highest BCUT2D eigenvalue weighted by atomic mass is 32.2. The van der Waals surface area contributed by atoms with Crippen molar-refractivity contribution in [2.24, 2.45) is 0 Å². The Morgan fingerprint density at radius 2 is 1.83 bits per heavy atom. The molecule has 7 nitrogen and oxygen atoms in total. The van der Waals surface area contributed by atoms with Crippen LogP contribution in [0.4, 0.5) is 4.39 Å². The predicted octanol–water partition coefficient (Wildman–Crippen LogP) is 1.25. The summed E-state index contributed by atoms with van der Waals surface area (Å²) in [5.74, 6) is -2.93. The maximum absolute atomic E-state index is 12.9. The van der Waals surface area contributed by atoms with Gasteiger partial charge in [0.2, 0.25) is 14.9 Å². The summed E-state index contributed by atoms with van der Waals surface area (Å²) >= 11 is 0. The summed E-state index contributed by atoms with van der Waals surface area (Å²) in [5.41, 5.74) is 0.514. The van der Waals surface area contributed by atoms with Crippen LogP contribution in [0.25, 0.3) is 0 Å². The number of carbonyl (C=O) groups is 2. The average molecular weight is 355 g/mol. The smallest absolute Gasteiger partial charge is 0.326 e. The fourth-order valence-electron chi connectivity index (χ4n) is 1.93. The Labute approximate surface area is 137 Å². The van der Waals surface area contributed by atoms with Gasteiger partial charge in [-0.15, -0.1) is 0 Å². The standard InChI is InChI=1S/C15H14FNO6S/c1-24(21,22)13-7-6-12(23-13)14(18)17-11(15(19)20)8-9-2-4-10(16)5-3-9/h2-7,11H,8H2,1H3,(H,17,18)(H,19,20)/t11-/m0/s1. The van der Waals surface area contributed by atoms with Crippen LogP contribution in [0, 0.1) is 5.82 Å². The molecule has 0 bridgehead atoms. The first-order valence-corrected chi connectivity index (χ1v) is 8.64. The van der Waals surface area contributed by atoms with Gasteiger partial charge in [0, 0.05) is 12.7 Å². The van der Waals surface area contributed by atoms with Crippen LogP contribution in [0.3, 0.4) is 0 Å². The van der Waals surface area contributed by atoms with Crippen LogP contribution in [-0.4, -0.2) is 37.7 Å². The van der Waals surface area contributed by atoms with Gasteiger partial charge in [-0.2, -0.15) is 0 Å². The third-order valence-electron chi connectivity index (χ3n) is 3.13. The molecule has 1 amide bonds. The van der Waals surface area contributed by atoms with Crippen LogP contribution in [0.2, 0.25) is 0 Å². The summed E-state index contributed by atoms with van der Waals surface area (Å²) < 4.78 is 40.4. The number of nitrogens with one attached hydrogen (secondary N) is 1. The van der Waals surface area contributed by atoms with E-state index in [1.54, 1.807) is 0 Å². The first-order chi connectivity index (χ1) is 11.2. The molecule has 1 atom stereocenters. The molecule has 1 heterocycles. The minimum Gasteiger partial charge on any atom is -0.480 e. The van der Waals surface area contributed by atoms with E-state index in [9.17, 15) is 27.5 Å². The second kappa shape index (κ2) is 6.83. The molecule has 0 saturated carbocycles. The summed E-state index contributed by atoms with van der Waals surface area (Å²) in [4.78, 5) is 23.3. The van der Waals surface area contributed by atoms with Crippen molar-refractivity contribution in [1.29, 1.82) is 0 Å². The number of furan rings is 1. The normalized spacial score (nSPS) is 12.6. The molecule has 0 saturated heterocycles. The van der Waals surface area contributed by atoms with Crippen molar-refractivity contribution in [2.45, 2.75) is 17.6 Å². The monoisotopic (exact) mass is 355 g/mol. The quantitative estimate of drug-likeness (QED) is 0.806. The summed E-state index contributed by atoms with van der Waals surface area (Å²) in [6.45, 7) is 0. The zero-order valence-corrected chi connectivity index (χ0v) is 13.3. The van der Waals surface area contributed by atoms with E-state index < -0.39 is 38.7 Å². The number of halogens is 1. The van der Waals surface area contributed by atoms with Crippen molar-refractivity contribution in [3.8, 4) is 0 Å². The van der Waals surface area contributed by atoms with Crippen molar-refractivity contribution >= 4 is 21.7 Å². The molecule has 0 aliphatic heterocycles. The van der Waals surface area contributed by atoms with E-state index in [0.717, 1.165) is 18.4 Å². The fourth-order valence-corrected chi connectivity index (χ4v) is 2.48. The van der Waals surface area contributed by atoms with Gasteiger partial charge in [0.05, 0.1) is 0 Å². The number of sulfone groups is 1.